The molecule has 0 aliphatic carbocycles. The molecular formula is C24H22N2O3. The van der Waals surface area contributed by atoms with Crippen LogP contribution in [0.4, 0.5) is 4.79 Å². The Morgan fingerprint density at radius 3 is 2.24 bits per heavy atom. The van der Waals surface area contributed by atoms with E-state index in [9.17, 15) is 9.59 Å². The Kier molecular flexibility index (Phi) is 5.04. The van der Waals surface area contributed by atoms with Crippen LogP contribution in [0, 0.1) is 0 Å². The molecule has 4 rings (SSSR count). The summed E-state index contributed by atoms with van der Waals surface area (Å²) in [4.78, 5) is 26.8. The van der Waals surface area contributed by atoms with Gasteiger partial charge in [0.1, 0.15) is 17.9 Å². The minimum absolute atomic E-state index is 0.190. The van der Waals surface area contributed by atoms with Gasteiger partial charge < -0.3 is 10.1 Å². The highest BCUT2D eigenvalue weighted by Gasteiger charge is 2.48. The first kappa shape index (κ1) is 18.7. The molecule has 5 heteroatoms. The van der Waals surface area contributed by atoms with Crippen molar-refractivity contribution in [3.05, 3.63) is 102 Å². The largest absolute Gasteiger partial charge is 0.489 e. The number of imide groups is 1. The Morgan fingerprint density at radius 2 is 1.52 bits per heavy atom. The number of carbonyl (C=O) groups is 2. The van der Waals surface area contributed by atoms with Gasteiger partial charge in [0.2, 0.25) is 0 Å². The zero-order valence-electron chi connectivity index (χ0n) is 16.2. The number of hydrogen-bond acceptors (Lipinski definition) is 3. The number of carbonyl (C=O) groups excluding carboxylic acids is 2. The predicted molar refractivity (Wildman–Crippen MR) is 110 cm³/mol. The normalized spacial score (nSPS) is 18.6. The highest BCUT2D eigenvalue weighted by atomic mass is 16.5. The predicted octanol–water partition coefficient (Wildman–Crippen LogP) is 4.23. The Hall–Kier alpha value is -3.60. The Bertz CT molecular complexity index is 1020. The molecule has 1 aliphatic rings. The molecule has 3 aromatic carbocycles. The average molecular weight is 386 g/mol. The minimum atomic E-state index is -1.06. The molecular weight excluding hydrogens is 364 g/mol. The lowest BCUT2D eigenvalue weighted by molar-refractivity contribution is -0.131. The fourth-order valence-electron chi connectivity index (χ4n) is 3.46. The summed E-state index contributed by atoms with van der Waals surface area (Å²) in [5, 5.41) is 2.83. The molecule has 1 aliphatic heterocycles. The number of rotatable bonds is 6. The van der Waals surface area contributed by atoms with Crippen LogP contribution < -0.4 is 10.1 Å². The molecule has 0 radical (unpaired) electrons. The van der Waals surface area contributed by atoms with Crippen molar-refractivity contribution in [3.8, 4) is 5.75 Å². The van der Waals surface area contributed by atoms with Crippen LogP contribution in [0.3, 0.4) is 0 Å². The van der Waals surface area contributed by atoms with E-state index < -0.39 is 11.6 Å². The standard InChI is InChI=1S/C24H22N2O3/c1-24(20-12-6-3-7-13-20)22(27)26(23(28)25-24)16-19-11-8-14-21(15-19)29-17-18-9-4-2-5-10-18/h2-15H,16-17H2,1H3,(H,25,28). The van der Waals surface area contributed by atoms with E-state index in [0.29, 0.717) is 12.4 Å². The van der Waals surface area contributed by atoms with Gasteiger partial charge in [-0.25, -0.2) is 4.79 Å². The number of ether oxygens (including phenoxy) is 1. The first-order valence-electron chi connectivity index (χ1n) is 9.51. The molecule has 0 spiro atoms. The van der Waals surface area contributed by atoms with Crippen LogP contribution in [-0.2, 0) is 23.5 Å². The molecule has 1 N–H and O–H groups in total. The second-order valence-electron chi connectivity index (χ2n) is 7.23. The number of urea groups is 1. The van der Waals surface area contributed by atoms with Crippen LogP contribution in [0.2, 0.25) is 0 Å². The molecule has 0 aromatic heterocycles. The van der Waals surface area contributed by atoms with E-state index in [0.717, 1.165) is 16.7 Å². The summed E-state index contributed by atoms with van der Waals surface area (Å²) in [6.45, 7) is 2.39. The van der Waals surface area contributed by atoms with Crippen molar-refractivity contribution in [2.75, 3.05) is 0 Å². The SMILES string of the molecule is CC1(c2ccccc2)NC(=O)N(Cc2cccc(OCc3ccccc3)c2)C1=O. The van der Waals surface area contributed by atoms with Gasteiger partial charge in [-0.2, -0.15) is 0 Å². The number of benzene rings is 3. The zero-order valence-corrected chi connectivity index (χ0v) is 16.2. The van der Waals surface area contributed by atoms with Crippen molar-refractivity contribution in [1.29, 1.82) is 0 Å². The van der Waals surface area contributed by atoms with Gasteiger partial charge in [-0.1, -0.05) is 72.8 Å². The van der Waals surface area contributed by atoms with E-state index in [2.05, 4.69) is 5.32 Å². The van der Waals surface area contributed by atoms with Crippen molar-refractivity contribution >= 4 is 11.9 Å². The van der Waals surface area contributed by atoms with Gasteiger partial charge in [-0.05, 0) is 35.7 Å². The van der Waals surface area contributed by atoms with Gasteiger partial charge >= 0.3 is 6.03 Å². The van der Waals surface area contributed by atoms with Crippen molar-refractivity contribution < 1.29 is 14.3 Å². The van der Waals surface area contributed by atoms with E-state index in [4.69, 9.17) is 4.74 Å². The van der Waals surface area contributed by atoms with E-state index in [1.807, 2.05) is 84.9 Å². The molecule has 3 amide bonds. The molecule has 1 atom stereocenters. The van der Waals surface area contributed by atoms with Gasteiger partial charge in [-0.3, -0.25) is 9.69 Å². The molecule has 29 heavy (non-hydrogen) atoms. The third-order valence-electron chi connectivity index (χ3n) is 5.11. The number of nitrogens with zero attached hydrogens (tertiary/aromatic N) is 1. The lowest BCUT2D eigenvalue weighted by Gasteiger charge is -2.22. The highest BCUT2D eigenvalue weighted by molar-refractivity contribution is 6.07. The summed E-state index contributed by atoms with van der Waals surface area (Å²) in [6, 6.07) is 26.3. The summed E-state index contributed by atoms with van der Waals surface area (Å²) in [7, 11) is 0. The molecule has 1 heterocycles. The third kappa shape index (κ3) is 3.85. The van der Waals surface area contributed by atoms with Crippen molar-refractivity contribution in [1.82, 2.24) is 10.2 Å². The molecule has 0 saturated carbocycles. The molecule has 1 saturated heterocycles. The van der Waals surface area contributed by atoms with E-state index >= 15 is 0 Å². The maximum Gasteiger partial charge on any atom is 0.325 e. The fourth-order valence-corrected chi connectivity index (χ4v) is 3.46. The van der Waals surface area contributed by atoms with Crippen LogP contribution in [0.25, 0.3) is 0 Å². The molecule has 5 nitrogen and oxygen atoms in total. The second kappa shape index (κ2) is 7.80. The van der Waals surface area contributed by atoms with Crippen LogP contribution >= 0.6 is 0 Å². The number of nitrogens with one attached hydrogen (secondary N) is 1. The Balaban J connectivity index is 1.48. The van der Waals surface area contributed by atoms with Crippen LogP contribution in [0.5, 0.6) is 5.75 Å². The van der Waals surface area contributed by atoms with Crippen molar-refractivity contribution in [2.24, 2.45) is 0 Å². The summed E-state index contributed by atoms with van der Waals surface area (Å²) >= 11 is 0. The van der Waals surface area contributed by atoms with E-state index in [1.54, 1.807) is 6.92 Å². The second-order valence-corrected chi connectivity index (χ2v) is 7.23. The maximum absolute atomic E-state index is 13.0. The summed E-state index contributed by atoms with van der Waals surface area (Å²) < 4.78 is 5.86. The monoisotopic (exact) mass is 386 g/mol. The molecule has 1 unspecified atom stereocenters. The summed E-state index contributed by atoms with van der Waals surface area (Å²) in [5.41, 5.74) is 1.61. The quantitative estimate of drug-likeness (QED) is 0.645. The van der Waals surface area contributed by atoms with Gasteiger partial charge in [0.05, 0.1) is 6.54 Å². The van der Waals surface area contributed by atoms with Crippen LogP contribution in [0.15, 0.2) is 84.9 Å². The van der Waals surface area contributed by atoms with Crippen molar-refractivity contribution in [3.63, 3.8) is 0 Å². The van der Waals surface area contributed by atoms with E-state index in [-0.39, 0.29) is 12.5 Å². The summed E-state index contributed by atoms with van der Waals surface area (Å²) in [5.74, 6) is 0.438. The Labute approximate surface area is 169 Å². The lowest BCUT2D eigenvalue weighted by atomic mass is 9.92. The van der Waals surface area contributed by atoms with Gasteiger partial charge in [0, 0.05) is 0 Å². The van der Waals surface area contributed by atoms with E-state index in [1.165, 1.54) is 4.90 Å². The zero-order chi connectivity index (χ0) is 20.3. The Morgan fingerprint density at radius 1 is 0.862 bits per heavy atom. The first-order chi connectivity index (χ1) is 14.1. The topological polar surface area (TPSA) is 58.6 Å². The summed E-state index contributed by atoms with van der Waals surface area (Å²) in [6.07, 6.45) is 0. The van der Waals surface area contributed by atoms with Gasteiger partial charge in [0.25, 0.3) is 5.91 Å². The maximum atomic E-state index is 13.0. The minimum Gasteiger partial charge on any atom is -0.489 e. The number of hydrogen-bond donors (Lipinski definition) is 1. The van der Waals surface area contributed by atoms with Crippen molar-refractivity contribution in [2.45, 2.75) is 25.6 Å². The highest BCUT2D eigenvalue weighted by Crippen LogP contribution is 2.30. The molecule has 3 aromatic rings. The molecule has 146 valence electrons. The fraction of sp³-hybridized carbons (Fsp3) is 0.167. The molecule has 1 fully saturated rings. The number of amides is 3. The average Bonchev–Trinajstić information content (AvgIpc) is 2.98. The van der Waals surface area contributed by atoms with Crippen LogP contribution in [0.1, 0.15) is 23.6 Å². The van der Waals surface area contributed by atoms with Crippen LogP contribution in [-0.4, -0.2) is 16.8 Å². The smallest absolute Gasteiger partial charge is 0.325 e. The van der Waals surface area contributed by atoms with Gasteiger partial charge in [0.15, 0.2) is 0 Å². The van der Waals surface area contributed by atoms with Gasteiger partial charge in [-0.15, -0.1) is 0 Å². The molecule has 0 bridgehead atoms. The third-order valence-corrected chi connectivity index (χ3v) is 5.11. The lowest BCUT2D eigenvalue weighted by Crippen LogP contribution is -2.40. The first-order valence-corrected chi connectivity index (χ1v) is 9.51.